The Morgan fingerprint density at radius 2 is 1.81 bits per heavy atom. The fourth-order valence-electron chi connectivity index (χ4n) is 6.44. The van der Waals surface area contributed by atoms with E-state index in [1.54, 1.807) is 13.2 Å². The van der Waals surface area contributed by atoms with Crippen LogP contribution in [0.4, 0.5) is 4.79 Å². The molecule has 0 saturated carbocycles. The molecule has 1 saturated heterocycles. The Hall–Kier alpha value is -4.44. The average molecular weight is 643 g/mol. The van der Waals surface area contributed by atoms with Crippen molar-refractivity contribution >= 4 is 39.8 Å². The van der Waals surface area contributed by atoms with Crippen LogP contribution < -0.4 is 5.32 Å². The number of alkyl carbamates (subject to hydrolysis) is 1. The van der Waals surface area contributed by atoms with E-state index in [9.17, 15) is 14.4 Å². The molecule has 0 spiro atoms. The summed E-state index contributed by atoms with van der Waals surface area (Å²) in [5.74, 6) is 0.384. The van der Waals surface area contributed by atoms with Crippen LogP contribution in [-0.2, 0) is 32.0 Å². The van der Waals surface area contributed by atoms with Crippen molar-refractivity contribution in [3.8, 4) is 0 Å². The maximum atomic E-state index is 13.9. The van der Waals surface area contributed by atoms with Crippen molar-refractivity contribution in [3.63, 3.8) is 0 Å². The van der Waals surface area contributed by atoms with Gasteiger partial charge in [-0.25, -0.2) is 14.6 Å². The molecule has 2 amide bonds. The summed E-state index contributed by atoms with van der Waals surface area (Å²) in [6, 6.07) is 19.4. The number of aromatic nitrogens is 2. The quantitative estimate of drug-likeness (QED) is 0.152. The summed E-state index contributed by atoms with van der Waals surface area (Å²) in [7, 11) is 3.05. The third-order valence-electron chi connectivity index (χ3n) is 8.51. The van der Waals surface area contributed by atoms with E-state index in [0.29, 0.717) is 38.2 Å². The number of hydrogen-bond donors (Lipinski definition) is 1. The van der Waals surface area contributed by atoms with Crippen LogP contribution in [0.2, 0.25) is 0 Å². The number of esters is 1. The Morgan fingerprint density at radius 3 is 2.55 bits per heavy atom. The van der Waals surface area contributed by atoms with Gasteiger partial charge in [-0.2, -0.15) is 0 Å². The number of ether oxygens (including phenoxy) is 3. The van der Waals surface area contributed by atoms with Crippen molar-refractivity contribution in [2.24, 2.45) is 0 Å². The Labute approximate surface area is 276 Å². The predicted octanol–water partition coefficient (Wildman–Crippen LogP) is 6.24. The number of nitrogens with one attached hydrogen (secondary N) is 1. The number of para-hydroxylation sites is 1. The average Bonchev–Trinajstić information content (AvgIpc) is 3.42. The molecule has 4 aromatic rings. The highest BCUT2D eigenvalue weighted by Gasteiger charge is 2.31. The van der Waals surface area contributed by atoms with Gasteiger partial charge in [0.1, 0.15) is 11.4 Å². The SMILES string of the molecule is COCCCn1c(C2CCCN(C(=O)CC(Cc3ccc4ccccc4c3)NC(=O)OC(C)(C)C)C2)nc2cccc(C(=O)OC)c21. The van der Waals surface area contributed by atoms with E-state index < -0.39 is 23.7 Å². The number of rotatable bonds is 11. The monoisotopic (exact) mass is 642 g/mol. The first-order chi connectivity index (χ1) is 22.6. The standard InChI is InChI=1S/C37H46N4O6/c1-37(2,3)47-36(44)38-29(22-25-16-17-26-11-6-7-12-27(26)21-25)23-32(42)40-18-9-13-28(24-40)34-39-31-15-8-14-30(35(43)46-5)33(31)41(34)19-10-20-45-4/h6-8,11-12,14-17,21,28-29H,9-10,13,18-20,22-24H2,1-5H3,(H,38,44). The lowest BCUT2D eigenvalue weighted by atomic mass is 9.95. The van der Waals surface area contributed by atoms with Crippen molar-refractivity contribution in [1.29, 1.82) is 0 Å². The molecular formula is C37H46N4O6. The second-order valence-corrected chi connectivity index (χ2v) is 13.2. The Bertz CT molecular complexity index is 1730. The third kappa shape index (κ3) is 8.48. The van der Waals surface area contributed by atoms with Crippen LogP contribution in [0.1, 0.15) is 74.1 Å². The lowest BCUT2D eigenvalue weighted by Gasteiger charge is -2.34. The Kier molecular flexibility index (Phi) is 10.8. The molecule has 47 heavy (non-hydrogen) atoms. The highest BCUT2D eigenvalue weighted by atomic mass is 16.6. The topological polar surface area (TPSA) is 112 Å². The van der Waals surface area contributed by atoms with Gasteiger partial charge in [-0.1, -0.05) is 48.5 Å². The maximum Gasteiger partial charge on any atom is 0.407 e. The summed E-state index contributed by atoms with van der Waals surface area (Å²) in [5.41, 5.74) is 2.30. The van der Waals surface area contributed by atoms with Gasteiger partial charge in [0.25, 0.3) is 0 Å². The number of hydrogen-bond acceptors (Lipinski definition) is 7. The van der Waals surface area contributed by atoms with Gasteiger partial charge in [0.15, 0.2) is 0 Å². The number of carbonyl (C=O) groups is 3. The number of fused-ring (bicyclic) bond motifs is 2. The van der Waals surface area contributed by atoms with Gasteiger partial charge in [0.05, 0.1) is 23.7 Å². The molecule has 2 heterocycles. The normalized spacial score (nSPS) is 15.9. The Morgan fingerprint density at radius 1 is 1.02 bits per heavy atom. The minimum absolute atomic E-state index is 0.0223. The van der Waals surface area contributed by atoms with Crippen LogP contribution >= 0.6 is 0 Å². The van der Waals surface area contributed by atoms with E-state index in [4.69, 9.17) is 19.2 Å². The highest BCUT2D eigenvalue weighted by Crippen LogP contribution is 2.32. The molecule has 250 valence electrons. The van der Waals surface area contributed by atoms with Gasteiger partial charge in [-0.05, 0) is 74.9 Å². The van der Waals surface area contributed by atoms with Gasteiger partial charge in [-0.15, -0.1) is 0 Å². The van der Waals surface area contributed by atoms with Crippen LogP contribution in [0.15, 0.2) is 60.7 Å². The number of methoxy groups -OCH3 is 2. The summed E-state index contributed by atoms with van der Waals surface area (Å²) in [4.78, 5) is 46.4. The number of likely N-dealkylation sites (tertiary alicyclic amines) is 1. The van der Waals surface area contributed by atoms with Crippen molar-refractivity contribution in [2.75, 3.05) is 33.9 Å². The van der Waals surface area contributed by atoms with E-state index in [1.807, 2.05) is 56.0 Å². The summed E-state index contributed by atoms with van der Waals surface area (Å²) in [5, 5.41) is 5.22. The first kappa shape index (κ1) is 33.9. The molecule has 0 radical (unpaired) electrons. The number of benzene rings is 3. The van der Waals surface area contributed by atoms with E-state index in [1.165, 1.54) is 7.11 Å². The minimum atomic E-state index is -0.663. The highest BCUT2D eigenvalue weighted by molar-refractivity contribution is 6.02. The number of nitrogens with zero attached hydrogens (tertiary/aromatic N) is 3. The molecule has 1 fully saturated rings. The molecule has 10 heteroatoms. The second-order valence-electron chi connectivity index (χ2n) is 13.2. The summed E-state index contributed by atoms with van der Waals surface area (Å²) in [6.45, 7) is 7.77. The van der Waals surface area contributed by atoms with Gasteiger partial charge in [-0.3, -0.25) is 4.79 Å². The zero-order valence-corrected chi connectivity index (χ0v) is 28.1. The van der Waals surface area contributed by atoms with Gasteiger partial charge < -0.3 is 29.0 Å². The van der Waals surface area contributed by atoms with E-state index >= 15 is 0 Å². The molecule has 1 N–H and O–H groups in total. The Balaban J connectivity index is 1.37. The van der Waals surface area contributed by atoms with Crippen LogP contribution in [0.3, 0.4) is 0 Å². The predicted molar refractivity (Wildman–Crippen MR) is 182 cm³/mol. The number of piperidine rings is 1. The molecule has 2 atom stereocenters. The molecule has 5 rings (SSSR count). The van der Waals surface area contributed by atoms with Crippen LogP contribution in [-0.4, -0.2) is 78.0 Å². The molecule has 2 unspecified atom stereocenters. The molecule has 1 aliphatic rings. The molecule has 10 nitrogen and oxygen atoms in total. The maximum absolute atomic E-state index is 13.9. The molecule has 0 aliphatic carbocycles. The largest absolute Gasteiger partial charge is 0.465 e. The molecule has 3 aromatic carbocycles. The van der Waals surface area contributed by atoms with Gasteiger partial charge in [0, 0.05) is 51.7 Å². The first-order valence-corrected chi connectivity index (χ1v) is 16.4. The van der Waals surface area contributed by atoms with Gasteiger partial charge >= 0.3 is 12.1 Å². The van der Waals surface area contributed by atoms with Crippen LogP contribution in [0.5, 0.6) is 0 Å². The van der Waals surface area contributed by atoms with E-state index in [0.717, 1.165) is 52.5 Å². The van der Waals surface area contributed by atoms with Gasteiger partial charge in [0.2, 0.25) is 5.91 Å². The molecule has 0 bridgehead atoms. The first-order valence-electron chi connectivity index (χ1n) is 16.4. The summed E-state index contributed by atoms with van der Waals surface area (Å²) < 4.78 is 18.1. The molecule has 1 aromatic heterocycles. The zero-order valence-electron chi connectivity index (χ0n) is 28.1. The van der Waals surface area contributed by atoms with E-state index in [-0.39, 0.29) is 18.2 Å². The number of aryl methyl sites for hydroxylation is 1. The smallest absolute Gasteiger partial charge is 0.407 e. The lowest BCUT2D eigenvalue weighted by Crippen LogP contribution is -2.46. The summed E-state index contributed by atoms with van der Waals surface area (Å²) >= 11 is 0. The number of imidazole rings is 1. The van der Waals surface area contributed by atoms with E-state index in [2.05, 4.69) is 34.1 Å². The number of amides is 2. The van der Waals surface area contributed by atoms with Crippen LogP contribution in [0, 0.1) is 0 Å². The lowest BCUT2D eigenvalue weighted by molar-refractivity contribution is -0.133. The fraction of sp³-hybridized carbons (Fsp3) is 0.459. The van der Waals surface area contributed by atoms with Crippen molar-refractivity contribution in [2.45, 2.75) is 77.0 Å². The van der Waals surface area contributed by atoms with Crippen molar-refractivity contribution < 1.29 is 28.6 Å². The minimum Gasteiger partial charge on any atom is -0.465 e. The zero-order chi connectivity index (χ0) is 33.6. The van der Waals surface area contributed by atoms with Crippen molar-refractivity contribution in [3.05, 3.63) is 77.6 Å². The second kappa shape index (κ2) is 15.0. The van der Waals surface area contributed by atoms with Crippen molar-refractivity contribution in [1.82, 2.24) is 19.8 Å². The van der Waals surface area contributed by atoms with Crippen LogP contribution in [0.25, 0.3) is 21.8 Å². The fourth-order valence-corrected chi connectivity index (χ4v) is 6.44. The molecular weight excluding hydrogens is 596 g/mol. The number of carbonyl (C=O) groups excluding carboxylic acids is 3. The molecule has 1 aliphatic heterocycles. The third-order valence-corrected chi connectivity index (χ3v) is 8.51. The summed E-state index contributed by atoms with van der Waals surface area (Å²) in [6.07, 6.45) is 2.50.